The fourth-order valence-corrected chi connectivity index (χ4v) is 6.53. The normalized spacial score (nSPS) is 33.8. The second-order valence-corrected chi connectivity index (χ2v) is 10.9. The molecule has 4 rings (SSSR count). The highest BCUT2D eigenvalue weighted by Crippen LogP contribution is 2.51. The number of aromatic nitrogens is 1. The fourth-order valence-electron chi connectivity index (χ4n) is 6.29. The minimum atomic E-state index is -0.814. The van der Waals surface area contributed by atoms with E-state index >= 15 is 0 Å². The molecule has 0 aromatic carbocycles. The van der Waals surface area contributed by atoms with Crippen LogP contribution in [0.3, 0.4) is 0 Å². The predicted octanol–water partition coefficient (Wildman–Crippen LogP) is 4.17. The number of hydrogen-bond donors (Lipinski definition) is 1. The monoisotopic (exact) mass is 475 g/mol. The first kappa shape index (κ1) is 24.5. The van der Waals surface area contributed by atoms with E-state index in [0.717, 1.165) is 57.0 Å². The number of nitrogens with zero attached hydrogens (tertiary/aromatic N) is 3. The Hall–Kier alpha value is -1.63. The lowest BCUT2D eigenvalue weighted by molar-refractivity contribution is -0.159. The Balaban J connectivity index is 1.41. The van der Waals surface area contributed by atoms with Crippen LogP contribution in [0.4, 0.5) is 5.82 Å². The Kier molecular flexibility index (Phi) is 7.37. The number of hydrogen-bond acceptors (Lipinski definition) is 6. The second kappa shape index (κ2) is 9.93. The number of piperazine rings is 1. The summed E-state index contributed by atoms with van der Waals surface area (Å²) in [4.78, 5) is 20.8. The highest BCUT2D eigenvalue weighted by atomic mass is 35.5. The molecule has 1 saturated heterocycles. The number of pyridine rings is 1. The van der Waals surface area contributed by atoms with Crippen molar-refractivity contribution >= 4 is 23.4 Å². The molecule has 2 aliphatic carbocycles. The molecule has 1 N–H and O–H groups in total. The molecule has 7 heteroatoms. The molecular weight excluding hydrogens is 438 g/mol. The summed E-state index contributed by atoms with van der Waals surface area (Å²) in [5, 5.41) is 12.5. The summed E-state index contributed by atoms with van der Waals surface area (Å²) in [6.07, 6.45) is 6.34. The van der Waals surface area contributed by atoms with E-state index in [0.29, 0.717) is 23.3 Å². The SMILES string of the molecule is CC(=O)O[C@@H]1C[C@@]2(O)[C@H](C)CC[C@@H](C(C)CN3CCN(c4ncccc4Cl)CC3)[C@H]2C=C1C. The highest BCUT2D eigenvalue weighted by molar-refractivity contribution is 6.32. The first-order chi connectivity index (χ1) is 15.7. The molecule has 1 aromatic heterocycles. The van der Waals surface area contributed by atoms with Gasteiger partial charge in [0.15, 0.2) is 0 Å². The minimum absolute atomic E-state index is 0.108. The van der Waals surface area contributed by atoms with Crippen LogP contribution in [-0.2, 0) is 9.53 Å². The first-order valence-electron chi connectivity index (χ1n) is 12.3. The van der Waals surface area contributed by atoms with Crippen molar-refractivity contribution in [3.05, 3.63) is 35.0 Å². The fraction of sp³-hybridized carbons (Fsp3) is 0.692. The predicted molar refractivity (Wildman–Crippen MR) is 131 cm³/mol. The standard InChI is InChI=1S/C26H38ClN3O3/c1-17-14-22-21(8-7-19(3)26(22,32)15-24(17)33-20(4)31)18(2)16-29-10-12-30(13-11-29)25-23(27)6-5-9-28-25/h5-6,9,14,18-19,21-22,24,32H,7-8,10-13,15-16H2,1-4H3/t18?,19-,21+,22-,24-,26-/m1/s1. The molecule has 0 bridgehead atoms. The molecule has 6 atom stereocenters. The Morgan fingerprint density at radius 1 is 1.33 bits per heavy atom. The molecule has 2 fully saturated rings. The van der Waals surface area contributed by atoms with Crippen molar-refractivity contribution in [1.82, 2.24) is 9.88 Å². The summed E-state index contributed by atoms with van der Waals surface area (Å²) in [6, 6.07) is 3.76. The van der Waals surface area contributed by atoms with Gasteiger partial charge in [-0.1, -0.05) is 31.5 Å². The van der Waals surface area contributed by atoms with E-state index in [1.165, 1.54) is 6.92 Å². The lowest BCUT2D eigenvalue weighted by Crippen LogP contribution is -2.56. The topological polar surface area (TPSA) is 65.9 Å². The van der Waals surface area contributed by atoms with Crippen LogP contribution in [0.25, 0.3) is 0 Å². The Morgan fingerprint density at radius 2 is 2.06 bits per heavy atom. The number of ether oxygens (including phenoxy) is 1. The third kappa shape index (κ3) is 5.08. The number of anilines is 1. The van der Waals surface area contributed by atoms with E-state index in [1.807, 2.05) is 19.1 Å². The molecule has 1 aromatic rings. The van der Waals surface area contributed by atoms with Gasteiger partial charge in [0.1, 0.15) is 11.9 Å². The summed E-state index contributed by atoms with van der Waals surface area (Å²) >= 11 is 6.34. The molecule has 3 aliphatic rings. The van der Waals surface area contributed by atoms with Gasteiger partial charge < -0.3 is 14.7 Å². The summed E-state index contributed by atoms with van der Waals surface area (Å²) in [6.45, 7) is 12.8. The van der Waals surface area contributed by atoms with E-state index in [4.69, 9.17) is 16.3 Å². The van der Waals surface area contributed by atoms with Crippen molar-refractivity contribution in [3.63, 3.8) is 0 Å². The number of esters is 1. The van der Waals surface area contributed by atoms with Crippen LogP contribution >= 0.6 is 11.6 Å². The highest BCUT2D eigenvalue weighted by Gasteiger charge is 2.52. The third-order valence-corrected chi connectivity index (χ3v) is 8.58. The maximum atomic E-state index is 11.8. The van der Waals surface area contributed by atoms with Crippen molar-refractivity contribution in [3.8, 4) is 0 Å². The Morgan fingerprint density at radius 3 is 2.73 bits per heavy atom. The smallest absolute Gasteiger partial charge is 0.303 e. The Labute approximate surface area is 202 Å². The van der Waals surface area contributed by atoms with Gasteiger partial charge >= 0.3 is 5.97 Å². The molecule has 2 heterocycles. The lowest BCUT2D eigenvalue weighted by Gasteiger charge is -2.53. The molecule has 0 radical (unpaired) electrons. The van der Waals surface area contributed by atoms with Crippen LogP contribution in [0.5, 0.6) is 0 Å². The molecule has 6 nitrogen and oxygen atoms in total. The van der Waals surface area contributed by atoms with Gasteiger partial charge in [-0.15, -0.1) is 0 Å². The van der Waals surface area contributed by atoms with Gasteiger partial charge in [0.05, 0.1) is 10.6 Å². The van der Waals surface area contributed by atoms with E-state index in [9.17, 15) is 9.90 Å². The van der Waals surface area contributed by atoms with E-state index in [-0.39, 0.29) is 23.9 Å². The zero-order chi connectivity index (χ0) is 23.8. The molecule has 0 amide bonds. The van der Waals surface area contributed by atoms with E-state index in [2.05, 4.69) is 34.7 Å². The van der Waals surface area contributed by atoms with Gasteiger partial charge in [0.25, 0.3) is 0 Å². The molecule has 0 spiro atoms. The zero-order valence-electron chi connectivity index (χ0n) is 20.3. The minimum Gasteiger partial charge on any atom is -0.458 e. The number of aliphatic hydroxyl groups is 1. The van der Waals surface area contributed by atoms with Gasteiger partial charge in [-0.25, -0.2) is 4.98 Å². The Bertz CT molecular complexity index is 885. The first-order valence-corrected chi connectivity index (χ1v) is 12.7. The number of carbonyl (C=O) groups excluding carboxylic acids is 1. The van der Waals surface area contributed by atoms with E-state index in [1.54, 1.807) is 6.20 Å². The molecule has 1 saturated carbocycles. The van der Waals surface area contributed by atoms with Crippen LogP contribution in [0.1, 0.15) is 47.0 Å². The summed E-state index contributed by atoms with van der Waals surface area (Å²) in [7, 11) is 0. The molecule has 33 heavy (non-hydrogen) atoms. The average molecular weight is 476 g/mol. The number of halogens is 1. The number of rotatable bonds is 5. The molecule has 182 valence electrons. The summed E-state index contributed by atoms with van der Waals surface area (Å²) in [5.74, 6) is 1.78. The van der Waals surface area contributed by atoms with Crippen molar-refractivity contribution in [2.24, 2.45) is 23.7 Å². The van der Waals surface area contributed by atoms with Crippen LogP contribution in [0, 0.1) is 23.7 Å². The third-order valence-electron chi connectivity index (χ3n) is 8.28. The largest absolute Gasteiger partial charge is 0.458 e. The van der Waals surface area contributed by atoms with Gasteiger partial charge in [-0.2, -0.15) is 0 Å². The molecule has 1 unspecified atom stereocenters. The quantitative estimate of drug-likeness (QED) is 0.509. The summed E-state index contributed by atoms with van der Waals surface area (Å²) in [5.41, 5.74) is 0.262. The second-order valence-electron chi connectivity index (χ2n) is 10.4. The maximum Gasteiger partial charge on any atom is 0.303 e. The zero-order valence-corrected chi connectivity index (χ0v) is 21.1. The van der Waals surface area contributed by atoms with Crippen molar-refractivity contribution in [1.29, 1.82) is 0 Å². The summed E-state index contributed by atoms with van der Waals surface area (Å²) < 4.78 is 5.54. The van der Waals surface area contributed by atoms with Crippen LogP contribution < -0.4 is 4.90 Å². The molecular formula is C26H38ClN3O3. The lowest BCUT2D eigenvalue weighted by atomic mass is 9.57. The van der Waals surface area contributed by atoms with Gasteiger partial charge in [-0.05, 0) is 55.2 Å². The number of fused-ring (bicyclic) bond motifs is 1. The molecule has 1 aliphatic heterocycles. The average Bonchev–Trinajstić information content (AvgIpc) is 2.77. The van der Waals surface area contributed by atoms with Crippen LogP contribution in [0.2, 0.25) is 5.02 Å². The van der Waals surface area contributed by atoms with Gasteiger partial charge in [0.2, 0.25) is 0 Å². The van der Waals surface area contributed by atoms with Crippen molar-refractivity contribution in [2.75, 3.05) is 37.6 Å². The van der Waals surface area contributed by atoms with Gasteiger partial charge in [-0.3, -0.25) is 9.69 Å². The van der Waals surface area contributed by atoms with Crippen LogP contribution in [0.15, 0.2) is 30.0 Å². The maximum absolute atomic E-state index is 11.8. The van der Waals surface area contributed by atoms with Gasteiger partial charge in [0, 0.05) is 58.2 Å². The number of carbonyl (C=O) groups is 1. The van der Waals surface area contributed by atoms with Crippen molar-refractivity contribution in [2.45, 2.75) is 58.7 Å². The van der Waals surface area contributed by atoms with E-state index < -0.39 is 5.60 Å². The van der Waals surface area contributed by atoms with Crippen molar-refractivity contribution < 1.29 is 14.6 Å². The van der Waals surface area contributed by atoms with Crippen LogP contribution in [-0.4, -0.2) is 65.4 Å².